The normalized spacial score (nSPS) is 12.1. The predicted octanol–water partition coefficient (Wildman–Crippen LogP) is 9.57. The number of ether oxygens (including phenoxy) is 1. The van der Waals surface area contributed by atoms with Crippen LogP contribution in [0.25, 0.3) is 55.8 Å². The van der Waals surface area contributed by atoms with Crippen LogP contribution in [0.4, 0.5) is 11.4 Å². The fraction of sp³-hybridized carbons (Fsp3) is 0.0256. The second-order valence-electron chi connectivity index (χ2n) is 11.2. The topological polar surface area (TPSA) is 48.1 Å². The zero-order valence-corrected chi connectivity index (χ0v) is 24.5. The third-order valence-corrected chi connectivity index (χ3v) is 8.66. The minimum atomic E-state index is 0.744. The maximum absolute atomic E-state index is 6.55. The first-order valence-corrected chi connectivity index (χ1v) is 15.0. The molecule has 0 saturated carbocycles. The Morgan fingerprint density at radius 2 is 1.33 bits per heavy atom. The molecule has 5 aromatic carbocycles. The fourth-order valence-corrected chi connectivity index (χ4v) is 6.64. The molecule has 3 aromatic heterocycles. The van der Waals surface area contributed by atoms with Crippen LogP contribution in [0.1, 0.15) is 0 Å². The maximum atomic E-state index is 6.55. The van der Waals surface area contributed by atoms with Gasteiger partial charge < -0.3 is 9.64 Å². The molecule has 0 N–H and O–H groups in total. The van der Waals surface area contributed by atoms with Crippen LogP contribution in [-0.4, -0.2) is 26.1 Å². The van der Waals surface area contributed by atoms with Gasteiger partial charge >= 0.3 is 0 Å². The minimum absolute atomic E-state index is 0.744. The van der Waals surface area contributed by atoms with E-state index in [1.807, 2.05) is 48.9 Å². The van der Waals surface area contributed by atoms with Gasteiger partial charge in [-0.2, -0.15) is 0 Å². The lowest BCUT2D eigenvalue weighted by molar-refractivity contribution is 0.483. The molecular formula is C39H27N5O. The summed E-state index contributed by atoms with van der Waals surface area (Å²) in [4.78, 5) is 11.9. The van der Waals surface area contributed by atoms with E-state index in [9.17, 15) is 0 Å². The third kappa shape index (κ3) is 3.96. The van der Waals surface area contributed by atoms with E-state index < -0.39 is 0 Å². The van der Waals surface area contributed by atoms with Crippen molar-refractivity contribution >= 4 is 33.2 Å². The zero-order chi connectivity index (χ0) is 29.9. The Kier molecular flexibility index (Phi) is 5.62. The molecule has 6 nitrogen and oxygen atoms in total. The molecule has 45 heavy (non-hydrogen) atoms. The standard InChI is InChI=1S/C39H27N5O/c1-42-32-15-4-3-14-31(32)39-38(41-25-43(39)35-18-7-6-17-34(35)42)26-11-10-12-27(23-26)45-28-20-21-30-29-13-2-5-16-33(29)44(36(30)24-28)37-19-8-9-22-40-37/h2-25H,1H3. The second kappa shape index (κ2) is 9.96. The number of hydrogen-bond donors (Lipinski definition) is 0. The van der Waals surface area contributed by atoms with Gasteiger partial charge in [0, 0.05) is 41.2 Å². The van der Waals surface area contributed by atoms with Gasteiger partial charge in [0.1, 0.15) is 23.6 Å². The molecular weight excluding hydrogens is 554 g/mol. The molecule has 9 rings (SSSR count). The summed E-state index contributed by atoms with van der Waals surface area (Å²) in [5.74, 6) is 2.37. The molecule has 0 fully saturated rings. The average molecular weight is 582 g/mol. The molecule has 1 aliphatic heterocycles. The van der Waals surface area contributed by atoms with E-state index >= 15 is 0 Å². The molecule has 6 heteroatoms. The van der Waals surface area contributed by atoms with E-state index in [0.717, 1.165) is 73.3 Å². The lowest BCUT2D eigenvalue weighted by atomic mass is 10.0. The molecule has 0 radical (unpaired) electrons. The van der Waals surface area contributed by atoms with Crippen molar-refractivity contribution in [1.29, 1.82) is 0 Å². The quantitative estimate of drug-likeness (QED) is 0.208. The summed E-state index contributed by atoms with van der Waals surface area (Å²) in [6.45, 7) is 0. The van der Waals surface area contributed by atoms with Gasteiger partial charge in [-0.15, -0.1) is 0 Å². The highest BCUT2D eigenvalue weighted by atomic mass is 16.5. The molecule has 0 amide bonds. The Bertz CT molecular complexity index is 2390. The number of nitrogens with zero attached hydrogens (tertiary/aromatic N) is 5. The number of aromatic nitrogens is 4. The van der Waals surface area contributed by atoms with E-state index in [0.29, 0.717) is 0 Å². The Morgan fingerprint density at radius 1 is 0.578 bits per heavy atom. The van der Waals surface area contributed by atoms with Crippen molar-refractivity contribution in [2.24, 2.45) is 0 Å². The molecule has 214 valence electrons. The number of imidazole rings is 1. The fourth-order valence-electron chi connectivity index (χ4n) is 6.64. The van der Waals surface area contributed by atoms with Gasteiger partial charge in [-0.05, 0) is 60.7 Å². The van der Waals surface area contributed by atoms with Crippen LogP contribution < -0.4 is 9.64 Å². The average Bonchev–Trinajstić information content (AvgIpc) is 3.65. The number of hydrogen-bond acceptors (Lipinski definition) is 4. The molecule has 4 heterocycles. The first-order valence-electron chi connectivity index (χ1n) is 15.0. The summed E-state index contributed by atoms with van der Waals surface area (Å²) in [6, 6.07) is 45.8. The highest BCUT2D eigenvalue weighted by Gasteiger charge is 2.26. The van der Waals surface area contributed by atoms with Crippen LogP contribution in [0.5, 0.6) is 11.5 Å². The Hall–Kier alpha value is -6.14. The van der Waals surface area contributed by atoms with Crippen LogP contribution in [0.15, 0.2) is 146 Å². The van der Waals surface area contributed by atoms with Crippen molar-refractivity contribution in [3.8, 4) is 45.5 Å². The lowest BCUT2D eigenvalue weighted by Crippen LogP contribution is -2.10. The molecule has 0 aliphatic carbocycles. The van der Waals surface area contributed by atoms with E-state index in [4.69, 9.17) is 9.72 Å². The van der Waals surface area contributed by atoms with E-state index in [2.05, 4.69) is 123 Å². The second-order valence-corrected chi connectivity index (χ2v) is 11.2. The van der Waals surface area contributed by atoms with Crippen molar-refractivity contribution in [3.05, 3.63) is 146 Å². The maximum Gasteiger partial charge on any atom is 0.137 e. The van der Waals surface area contributed by atoms with Gasteiger partial charge in [-0.25, -0.2) is 9.97 Å². The van der Waals surface area contributed by atoms with Gasteiger partial charge in [0.05, 0.1) is 39.5 Å². The van der Waals surface area contributed by atoms with E-state index in [1.54, 1.807) is 0 Å². The van der Waals surface area contributed by atoms with Gasteiger partial charge in [0.15, 0.2) is 0 Å². The highest BCUT2D eigenvalue weighted by Crippen LogP contribution is 2.45. The molecule has 0 saturated heterocycles. The van der Waals surface area contributed by atoms with Crippen LogP contribution in [0, 0.1) is 0 Å². The van der Waals surface area contributed by atoms with Gasteiger partial charge in [-0.3, -0.25) is 9.13 Å². The van der Waals surface area contributed by atoms with Gasteiger partial charge in [-0.1, -0.05) is 66.7 Å². The largest absolute Gasteiger partial charge is 0.457 e. The number of pyridine rings is 1. The van der Waals surface area contributed by atoms with Crippen LogP contribution >= 0.6 is 0 Å². The number of fused-ring (bicyclic) bond motifs is 8. The number of rotatable bonds is 4. The van der Waals surface area contributed by atoms with Crippen molar-refractivity contribution < 1.29 is 4.74 Å². The lowest BCUT2D eigenvalue weighted by Gasteiger charge is -2.21. The van der Waals surface area contributed by atoms with Crippen LogP contribution in [-0.2, 0) is 0 Å². The zero-order valence-electron chi connectivity index (χ0n) is 24.5. The highest BCUT2D eigenvalue weighted by molar-refractivity contribution is 6.09. The van der Waals surface area contributed by atoms with Crippen molar-refractivity contribution in [1.82, 2.24) is 19.1 Å². The summed E-state index contributed by atoms with van der Waals surface area (Å²) >= 11 is 0. The van der Waals surface area contributed by atoms with Crippen molar-refractivity contribution in [2.75, 3.05) is 11.9 Å². The minimum Gasteiger partial charge on any atom is -0.457 e. The summed E-state index contributed by atoms with van der Waals surface area (Å²) in [7, 11) is 2.12. The van der Waals surface area contributed by atoms with E-state index in [1.165, 1.54) is 5.39 Å². The monoisotopic (exact) mass is 581 g/mol. The Balaban J connectivity index is 1.15. The molecule has 8 aromatic rings. The number of benzene rings is 5. The van der Waals surface area contributed by atoms with Crippen molar-refractivity contribution in [3.63, 3.8) is 0 Å². The first-order chi connectivity index (χ1) is 22.2. The third-order valence-electron chi connectivity index (χ3n) is 8.66. The Morgan fingerprint density at radius 3 is 2.22 bits per heavy atom. The smallest absolute Gasteiger partial charge is 0.137 e. The van der Waals surface area contributed by atoms with Gasteiger partial charge in [0.25, 0.3) is 0 Å². The SMILES string of the molecule is CN1c2ccccc2-c2c(-c3cccc(Oc4ccc5c6ccccc6n(-c6ccccn6)c5c4)c3)ncn2-c2ccccc21. The molecule has 0 atom stereocenters. The summed E-state index contributed by atoms with van der Waals surface area (Å²) in [6.07, 6.45) is 3.75. The van der Waals surface area contributed by atoms with Crippen molar-refractivity contribution in [2.45, 2.75) is 0 Å². The Labute approximate surface area is 260 Å². The molecule has 0 bridgehead atoms. The van der Waals surface area contributed by atoms with Crippen LogP contribution in [0.3, 0.4) is 0 Å². The van der Waals surface area contributed by atoms with Gasteiger partial charge in [0.2, 0.25) is 0 Å². The summed E-state index contributed by atoms with van der Waals surface area (Å²) in [5.41, 5.74) is 9.58. The summed E-state index contributed by atoms with van der Waals surface area (Å²) in [5, 5.41) is 2.33. The number of para-hydroxylation sites is 4. The molecule has 0 unspecified atom stereocenters. The molecule has 0 spiro atoms. The summed E-state index contributed by atoms with van der Waals surface area (Å²) < 4.78 is 10.9. The number of anilines is 2. The molecule has 1 aliphatic rings. The predicted molar refractivity (Wildman–Crippen MR) is 181 cm³/mol. The van der Waals surface area contributed by atoms with E-state index in [-0.39, 0.29) is 0 Å². The first kappa shape index (κ1) is 25.4. The van der Waals surface area contributed by atoms with Crippen LogP contribution in [0.2, 0.25) is 0 Å².